The van der Waals surface area contributed by atoms with E-state index in [0.29, 0.717) is 5.56 Å². The number of urea groups is 1. The molecule has 0 fully saturated rings. The van der Waals surface area contributed by atoms with Gasteiger partial charge in [-0.05, 0) is 32.0 Å². The van der Waals surface area contributed by atoms with E-state index in [9.17, 15) is 18.4 Å². The van der Waals surface area contributed by atoms with Crippen molar-refractivity contribution in [2.75, 3.05) is 7.05 Å². The zero-order valence-corrected chi connectivity index (χ0v) is 11.5. The Morgan fingerprint density at radius 1 is 1.20 bits per heavy atom. The van der Waals surface area contributed by atoms with Gasteiger partial charge in [-0.1, -0.05) is 0 Å². The van der Waals surface area contributed by atoms with Crippen LogP contribution < -0.4 is 16.0 Å². The zero-order valence-electron chi connectivity index (χ0n) is 11.5. The first-order valence-corrected chi connectivity index (χ1v) is 6.17. The van der Waals surface area contributed by atoms with Crippen LogP contribution in [0.5, 0.6) is 0 Å². The predicted molar refractivity (Wildman–Crippen MR) is 68.8 cm³/mol. The zero-order chi connectivity index (χ0) is 15.3. The Labute approximate surface area is 115 Å². The van der Waals surface area contributed by atoms with Crippen LogP contribution in [0.4, 0.5) is 13.6 Å². The number of imide groups is 1. The summed E-state index contributed by atoms with van der Waals surface area (Å²) in [5.41, 5.74) is 0.559. The first kappa shape index (κ1) is 16.0. The van der Waals surface area contributed by atoms with Gasteiger partial charge in [-0.3, -0.25) is 10.1 Å². The Kier molecular flexibility index (Phi) is 5.57. The molecule has 0 bridgehead atoms. The molecular weight excluding hydrogens is 268 g/mol. The highest BCUT2D eigenvalue weighted by Gasteiger charge is 2.22. The van der Waals surface area contributed by atoms with Crippen molar-refractivity contribution in [1.29, 1.82) is 0 Å². The lowest BCUT2D eigenvalue weighted by molar-refractivity contribution is -0.710. The first-order valence-electron chi connectivity index (χ1n) is 6.17. The number of rotatable bonds is 4. The van der Waals surface area contributed by atoms with E-state index in [1.54, 1.807) is 19.2 Å². The molecule has 0 aliphatic heterocycles. The second-order valence-corrected chi connectivity index (χ2v) is 4.51. The van der Waals surface area contributed by atoms with E-state index in [2.05, 4.69) is 10.6 Å². The number of carbonyl (C=O) groups excluding carboxylic acids is 2. The maximum atomic E-state index is 13.1. The topological polar surface area (TPSA) is 74.8 Å². The summed E-state index contributed by atoms with van der Waals surface area (Å²) in [6.45, 7) is 3.38. The van der Waals surface area contributed by atoms with E-state index in [1.165, 1.54) is 13.1 Å². The third kappa shape index (κ3) is 4.27. The largest absolute Gasteiger partial charge is 0.341 e. The van der Waals surface area contributed by atoms with E-state index >= 15 is 0 Å². The number of benzene rings is 1. The van der Waals surface area contributed by atoms with Crippen LogP contribution in [-0.2, 0) is 4.79 Å². The Morgan fingerprint density at radius 3 is 2.40 bits per heavy atom. The molecular formula is C13H18F2N3O2+. The molecule has 0 aliphatic rings. The Hall–Kier alpha value is -2.02. The van der Waals surface area contributed by atoms with Crippen LogP contribution >= 0.6 is 0 Å². The number of quaternary nitrogens is 1. The van der Waals surface area contributed by atoms with Crippen molar-refractivity contribution in [3.63, 3.8) is 0 Å². The van der Waals surface area contributed by atoms with Crippen molar-refractivity contribution in [3.8, 4) is 0 Å². The van der Waals surface area contributed by atoms with E-state index in [1.807, 2.05) is 0 Å². The summed E-state index contributed by atoms with van der Waals surface area (Å²) in [5.74, 6) is -2.30. The van der Waals surface area contributed by atoms with Crippen molar-refractivity contribution in [3.05, 3.63) is 35.4 Å². The van der Waals surface area contributed by atoms with Gasteiger partial charge in [0.05, 0.1) is 0 Å². The summed E-state index contributed by atoms with van der Waals surface area (Å²) < 4.78 is 26.0. The van der Waals surface area contributed by atoms with E-state index in [4.69, 9.17) is 0 Å². The van der Waals surface area contributed by atoms with Crippen LogP contribution in [-0.4, -0.2) is 25.0 Å². The standard InChI is InChI=1S/C13H17F2N3O2/c1-7(9-4-5-10(14)11(15)6-9)17-8(2)12(19)18-13(20)16-3/h4-8,17H,1-3H3,(H2,16,18,19,20)/p+1/t7-,8-/m1/s1. The molecule has 4 N–H and O–H groups in total. The highest BCUT2D eigenvalue weighted by molar-refractivity contribution is 5.95. The van der Waals surface area contributed by atoms with Gasteiger partial charge >= 0.3 is 6.03 Å². The van der Waals surface area contributed by atoms with Crippen molar-refractivity contribution in [1.82, 2.24) is 10.6 Å². The minimum atomic E-state index is -0.926. The normalized spacial score (nSPS) is 13.4. The molecule has 0 radical (unpaired) electrons. The van der Waals surface area contributed by atoms with E-state index in [0.717, 1.165) is 12.1 Å². The predicted octanol–water partition coefficient (Wildman–Crippen LogP) is 0.433. The van der Waals surface area contributed by atoms with Gasteiger partial charge in [0, 0.05) is 12.6 Å². The number of nitrogens with one attached hydrogen (secondary N) is 2. The van der Waals surface area contributed by atoms with Crippen LogP contribution in [0.25, 0.3) is 0 Å². The highest BCUT2D eigenvalue weighted by Crippen LogP contribution is 2.13. The summed E-state index contributed by atoms with van der Waals surface area (Å²) in [6, 6.07) is 2.22. The SMILES string of the molecule is CNC(=O)NC(=O)[C@@H](C)[NH2+][C@H](C)c1ccc(F)c(F)c1. The van der Waals surface area contributed by atoms with Crippen LogP contribution in [0.15, 0.2) is 18.2 Å². The third-order valence-electron chi connectivity index (χ3n) is 2.92. The molecule has 3 amide bonds. The summed E-state index contributed by atoms with van der Waals surface area (Å²) in [6.07, 6.45) is 0. The lowest BCUT2D eigenvalue weighted by Crippen LogP contribution is -2.92. The van der Waals surface area contributed by atoms with E-state index in [-0.39, 0.29) is 6.04 Å². The highest BCUT2D eigenvalue weighted by atomic mass is 19.2. The first-order chi connectivity index (χ1) is 9.35. The fraction of sp³-hybridized carbons (Fsp3) is 0.385. The minimum Gasteiger partial charge on any atom is -0.341 e. The van der Waals surface area contributed by atoms with Crippen LogP contribution in [0, 0.1) is 11.6 Å². The molecule has 0 heterocycles. The van der Waals surface area contributed by atoms with Gasteiger partial charge in [0.2, 0.25) is 0 Å². The number of carbonyl (C=O) groups is 2. The molecule has 0 aliphatic carbocycles. The molecule has 20 heavy (non-hydrogen) atoms. The maximum absolute atomic E-state index is 13.1. The molecule has 0 aromatic heterocycles. The van der Waals surface area contributed by atoms with Gasteiger partial charge in [0.15, 0.2) is 17.7 Å². The van der Waals surface area contributed by atoms with Gasteiger partial charge in [-0.25, -0.2) is 13.6 Å². The Balaban J connectivity index is 2.64. The monoisotopic (exact) mass is 286 g/mol. The number of amides is 3. The minimum absolute atomic E-state index is 0.254. The molecule has 0 saturated heterocycles. The molecule has 0 unspecified atom stereocenters. The van der Waals surface area contributed by atoms with Gasteiger partial charge < -0.3 is 10.6 Å². The third-order valence-corrected chi connectivity index (χ3v) is 2.92. The molecule has 1 rings (SSSR count). The summed E-state index contributed by atoms with van der Waals surface area (Å²) in [5, 5.41) is 6.08. The number of nitrogens with two attached hydrogens (primary N) is 1. The van der Waals surface area contributed by atoms with Gasteiger partial charge in [-0.2, -0.15) is 0 Å². The fourth-order valence-corrected chi connectivity index (χ4v) is 1.72. The molecule has 110 valence electrons. The maximum Gasteiger partial charge on any atom is 0.321 e. The number of halogens is 2. The van der Waals surface area contributed by atoms with Gasteiger partial charge in [0.1, 0.15) is 6.04 Å². The van der Waals surface area contributed by atoms with Crippen LogP contribution in [0.1, 0.15) is 25.5 Å². The average Bonchev–Trinajstić information content (AvgIpc) is 2.41. The fourth-order valence-electron chi connectivity index (χ4n) is 1.72. The number of hydrogen-bond acceptors (Lipinski definition) is 2. The summed E-state index contributed by atoms with van der Waals surface area (Å²) in [7, 11) is 1.40. The Morgan fingerprint density at radius 2 is 1.85 bits per heavy atom. The molecule has 0 spiro atoms. The van der Waals surface area contributed by atoms with Crippen molar-refractivity contribution in [2.45, 2.75) is 25.9 Å². The average molecular weight is 286 g/mol. The van der Waals surface area contributed by atoms with Crippen molar-refractivity contribution < 1.29 is 23.7 Å². The van der Waals surface area contributed by atoms with Crippen LogP contribution in [0.3, 0.4) is 0 Å². The quantitative estimate of drug-likeness (QED) is 0.751. The van der Waals surface area contributed by atoms with Crippen molar-refractivity contribution >= 4 is 11.9 Å². The molecule has 5 nitrogen and oxygen atoms in total. The molecule has 7 heteroatoms. The molecule has 2 atom stereocenters. The molecule has 1 aromatic rings. The Bertz CT molecular complexity index is 508. The van der Waals surface area contributed by atoms with Crippen LogP contribution in [0.2, 0.25) is 0 Å². The van der Waals surface area contributed by atoms with Crippen molar-refractivity contribution in [2.24, 2.45) is 0 Å². The second-order valence-electron chi connectivity index (χ2n) is 4.51. The van der Waals surface area contributed by atoms with E-state index < -0.39 is 29.6 Å². The lowest BCUT2D eigenvalue weighted by atomic mass is 10.1. The molecule has 0 saturated carbocycles. The van der Waals surface area contributed by atoms with Gasteiger partial charge in [0.25, 0.3) is 5.91 Å². The summed E-state index contributed by atoms with van der Waals surface area (Å²) in [4.78, 5) is 22.7. The second kappa shape index (κ2) is 6.95. The number of hydrogen-bond donors (Lipinski definition) is 3. The smallest absolute Gasteiger partial charge is 0.321 e. The van der Waals surface area contributed by atoms with Gasteiger partial charge in [-0.15, -0.1) is 0 Å². The lowest BCUT2D eigenvalue weighted by Gasteiger charge is -2.16. The molecule has 1 aromatic carbocycles. The summed E-state index contributed by atoms with van der Waals surface area (Å²) >= 11 is 0.